The molecule has 2 fully saturated rings. The van der Waals surface area contributed by atoms with Crippen molar-refractivity contribution >= 4 is 0 Å². The summed E-state index contributed by atoms with van der Waals surface area (Å²) in [6.07, 6.45) is 5.30. The van der Waals surface area contributed by atoms with Crippen molar-refractivity contribution in [3.8, 4) is 0 Å². The standard InChI is InChI=1S/C12H26N4/c1-3-9-15(11-7-13-5-1)16-10-4-2-6-14-8-12-16/h13-14H,1-12H2. The molecular weight excluding hydrogens is 200 g/mol. The Hall–Kier alpha value is -0.160. The van der Waals surface area contributed by atoms with Crippen LogP contribution in [0, 0.1) is 0 Å². The number of hydrazine groups is 1. The fraction of sp³-hybridized carbons (Fsp3) is 1.00. The molecule has 2 heterocycles. The summed E-state index contributed by atoms with van der Waals surface area (Å²) in [6.45, 7) is 9.56. The largest absolute Gasteiger partial charge is 0.315 e. The van der Waals surface area contributed by atoms with Gasteiger partial charge in [-0.05, 0) is 38.8 Å². The van der Waals surface area contributed by atoms with Gasteiger partial charge in [0, 0.05) is 39.3 Å². The Kier molecular flexibility index (Phi) is 5.55. The average Bonchev–Trinajstić information content (AvgIpc) is 2.18. The summed E-state index contributed by atoms with van der Waals surface area (Å²) in [6, 6.07) is 0. The van der Waals surface area contributed by atoms with Crippen LogP contribution in [0.5, 0.6) is 0 Å². The summed E-state index contributed by atoms with van der Waals surface area (Å²) in [4.78, 5) is 0. The number of hydrogen-bond donors (Lipinski definition) is 2. The van der Waals surface area contributed by atoms with Crippen LogP contribution >= 0.6 is 0 Å². The minimum atomic E-state index is 1.14. The highest BCUT2D eigenvalue weighted by Gasteiger charge is 2.16. The topological polar surface area (TPSA) is 30.5 Å². The van der Waals surface area contributed by atoms with Gasteiger partial charge in [-0.3, -0.25) is 0 Å². The summed E-state index contributed by atoms with van der Waals surface area (Å²) in [5, 5.41) is 12.1. The Bertz CT molecular complexity index is 150. The van der Waals surface area contributed by atoms with Crippen molar-refractivity contribution < 1.29 is 0 Å². The molecule has 2 saturated heterocycles. The molecule has 4 heteroatoms. The van der Waals surface area contributed by atoms with E-state index >= 15 is 0 Å². The molecule has 0 amide bonds. The lowest BCUT2D eigenvalue weighted by Gasteiger charge is -2.37. The van der Waals surface area contributed by atoms with Gasteiger partial charge in [0.1, 0.15) is 0 Å². The summed E-state index contributed by atoms with van der Waals surface area (Å²) < 4.78 is 0. The van der Waals surface area contributed by atoms with E-state index in [1.807, 2.05) is 0 Å². The van der Waals surface area contributed by atoms with E-state index in [2.05, 4.69) is 20.7 Å². The van der Waals surface area contributed by atoms with Crippen LogP contribution in [0.3, 0.4) is 0 Å². The highest BCUT2D eigenvalue weighted by atomic mass is 15.6. The second kappa shape index (κ2) is 7.22. The lowest BCUT2D eigenvalue weighted by molar-refractivity contribution is -0.0308. The van der Waals surface area contributed by atoms with Crippen LogP contribution < -0.4 is 10.6 Å². The molecule has 2 aliphatic heterocycles. The van der Waals surface area contributed by atoms with Crippen molar-refractivity contribution in [3.63, 3.8) is 0 Å². The van der Waals surface area contributed by atoms with Gasteiger partial charge in [-0.15, -0.1) is 0 Å². The Balaban J connectivity index is 1.81. The Morgan fingerprint density at radius 2 is 1.00 bits per heavy atom. The van der Waals surface area contributed by atoms with Gasteiger partial charge in [-0.25, -0.2) is 10.0 Å². The molecule has 0 spiro atoms. The number of nitrogens with zero attached hydrogens (tertiary/aromatic N) is 2. The second-order valence-electron chi connectivity index (χ2n) is 4.82. The predicted molar refractivity (Wildman–Crippen MR) is 67.4 cm³/mol. The molecule has 0 aromatic rings. The molecule has 0 atom stereocenters. The van der Waals surface area contributed by atoms with Gasteiger partial charge < -0.3 is 10.6 Å². The van der Waals surface area contributed by atoms with E-state index in [0.717, 1.165) is 13.1 Å². The molecule has 2 N–H and O–H groups in total. The highest BCUT2D eigenvalue weighted by molar-refractivity contribution is 4.67. The molecule has 94 valence electrons. The van der Waals surface area contributed by atoms with Crippen molar-refractivity contribution in [2.75, 3.05) is 52.4 Å². The van der Waals surface area contributed by atoms with Crippen molar-refractivity contribution in [3.05, 3.63) is 0 Å². The van der Waals surface area contributed by atoms with E-state index in [0.29, 0.717) is 0 Å². The van der Waals surface area contributed by atoms with Gasteiger partial charge in [-0.1, -0.05) is 0 Å². The molecule has 0 aromatic carbocycles. The lowest BCUT2D eigenvalue weighted by atomic mass is 10.2. The molecule has 0 aliphatic carbocycles. The van der Waals surface area contributed by atoms with Crippen molar-refractivity contribution in [1.29, 1.82) is 0 Å². The zero-order valence-corrected chi connectivity index (χ0v) is 10.4. The van der Waals surface area contributed by atoms with E-state index in [4.69, 9.17) is 0 Å². The fourth-order valence-electron chi connectivity index (χ4n) is 2.54. The van der Waals surface area contributed by atoms with Crippen LogP contribution in [0.4, 0.5) is 0 Å². The zero-order valence-electron chi connectivity index (χ0n) is 10.4. The van der Waals surface area contributed by atoms with Gasteiger partial charge in [-0.2, -0.15) is 0 Å². The van der Waals surface area contributed by atoms with Gasteiger partial charge in [0.2, 0.25) is 0 Å². The molecular formula is C12H26N4. The van der Waals surface area contributed by atoms with E-state index in [-0.39, 0.29) is 0 Å². The molecule has 2 rings (SSSR count). The molecule has 16 heavy (non-hydrogen) atoms. The SMILES string of the molecule is C1CCN(N2CCCCNCC2)CCNC1. The number of hydrogen-bond acceptors (Lipinski definition) is 4. The molecule has 0 unspecified atom stereocenters. The fourth-order valence-corrected chi connectivity index (χ4v) is 2.54. The maximum Gasteiger partial charge on any atom is 0.0258 e. The Morgan fingerprint density at radius 1 is 0.500 bits per heavy atom. The summed E-state index contributed by atoms with van der Waals surface area (Å²) in [5.74, 6) is 0. The lowest BCUT2D eigenvalue weighted by Crippen LogP contribution is -2.50. The zero-order chi connectivity index (χ0) is 11.1. The molecule has 0 saturated carbocycles. The summed E-state index contributed by atoms with van der Waals surface area (Å²) in [7, 11) is 0. The maximum atomic E-state index is 3.50. The first kappa shape index (κ1) is 12.3. The van der Waals surface area contributed by atoms with Crippen molar-refractivity contribution in [2.24, 2.45) is 0 Å². The van der Waals surface area contributed by atoms with Crippen LogP contribution in [0.15, 0.2) is 0 Å². The van der Waals surface area contributed by atoms with Crippen LogP contribution in [0.25, 0.3) is 0 Å². The maximum absolute atomic E-state index is 3.50. The molecule has 2 aliphatic rings. The first-order valence-electron chi connectivity index (χ1n) is 6.88. The Labute approximate surface area is 99.3 Å². The van der Waals surface area contributed by atoms with E-state index in [1.165, 1.54) is 65.0 Å². The van der Waals surface area contributed by atoms with Crippen LogP contribution in [0.2, 0.25) is 0 Å². The quantitative estimate of drug-likeness (QED) is 0.672. The summed E-state index contributed by atoms with van der Waals surface area (Å²) in [5.41, 5.74) is 0. The first-order chi connectivity index (χ1) is 7.97. The third kappa shape index (κ3) is 4.01. The average molecular weight is 226 g/mol. The van der Waals surface area contributed by atoms with Crippen molar-refractivity contribution in [1.82, 2.24) is 20.7 Å². The smallest absolute Gasteiger partial charge is 0.0258 e. The summed E-state index contributed by atoms with van der Waals surface area (Å²) >= 11 is 0. The predicted octanol–water partition coefficient (Wildman–Crippen LogP) is 0.272. The number of nitrogens with one attached hydrogen (secondary N) is 2. The molecule has 0 radical (unpaired) electrons. The third-order valence-corrected chi connectivity index (χ3v) is 3.53. The minimum Gasteiger partial charge on any atom is -0.315 e. The first-order valence-corrected chi connectivity index (χ1v) is 6.88. The van der Waals surface area contributed by atoms with E-state index < -0.39 is 0 Å². The number of rotatable bonds is 1. The van der Waals surface area contributed by atoms with Gasteiger partial charge >= 0.3 is 0 Å². The third-order valence-electron chi connectivity index (χ3n) is 3.53. The molecule has 4 nitrogen and oxygen atoms in total. The van der Waals surface area contributed by atoms with Gasteiger partial charge in [0.05, 0.1) is 0 Å². The van der Waals surface area contributed by atoms with E-state index in [1.54, 1.807) is 0 Å². The monoisotopic (exact) mass is 226 g/mol. The normalized spacial score (nSPS) is 27.8. The van der Waals surface area contributed by atoms with Crippen LogP contribution in [-0.2, 0) is 0 Å². The van der Waals surface area contributed by atoms with Gasteiger partial charge in [0.15, 0.2) is 0 Å². The highest BCUT2D eigenvalue weighted by Crippen LogP contribution is 2.06. The van der Waals surface area contributed by atoms with Crippen molar-refractivity contribution in [2.45, 2.75) is 25.7 Å². The second-order valence-corrected chi connectivity index (χ2v) is 4.82. The van der Waals surface area contributed by atoms with E-state index in [9.17, 15) is 0 Å². The van der Waals surface area contributed by atoms with Crippen LogP contribution in [0.1, 0.15) is 25.7 Å². The Morgan fingerprint density at radius 3 is 1.50 bits per heavy atom. The minimum absolute atomic E-state index is 1.14. The molecule has 0 aromatic heterocycles. The van der Waals surface area contributed by atoms with Crippen LogP contribution in [-0.4, -0.2) is 62.4 Å². The molecule has 0 bridgehead atoms. The van der Waals surface area contributed by atoms with Gasteiger partial charge in [0.25, 0.3) is 0 Å².